The average molecular weight is 578 g/mol. The molecule has 1 saturated carbocycles. The molecule has 1 N–H and O–H groups in total. The normalized spacial score (nSPS) is 29.7. The van der Waals surface area contributed by atoms with Gasteiger partial charge in [-0.1, -0.05) is 54.1 Å². The van der Waals surface area contributed by atoms with Gasteiger partial charge in [0.25, 0.3) is 5.69 Å². The molecule has 0 radical (unpaired) electrons. The molecule has 43 heavy (non-hydrogen) atoms. The van der Waals surface area contributed by atoms with E-state index in [4.69, 9.17) is 0 Å². The summed E-state index contributed by atoms with van der Waals surface area (Å²) in [5.41, 5.74) is 0.304. The molecule has 216 valence electrons. The SMILES string of the molecule is CC12C(=O)N(c3ccccc3)C(=O)C1CC1C(=CCC3C(=O)N(c4cccc([N+](=O)[O-])c4)C(=O)C31)C2c1ccccc1O. The quantitative estimate of drug-likeness (QED) is 0.205. The van der Waals surface area contributed by atoms with Crippen molar-refractivity contribution in [2.45, 2.75) is 25.7 Å². The lowest BCUT2D eigenvalue weighted by molar-refractivity contribution is -0.384. The summed E-state index contributed by atoms with van der Waals surface area (Å²) < 4.78 is 0. The number of carbonyl (C=O) groups is 4. The number of phenolic OH excluding ortho intramolecular Hbond substituents is 1. The molecule has 0 spiro atoms. The van der Waals surface area contributed by atoms with Crippen LogP contribution in [-0.2, 0) is 19.2 Å². The van der Waals surface area contributed by atoms with E-state index in [1.807, 2.05) is 6.08 Å². The molecule has 3 aromatic rings. The molecule has 6 unspecified atom stereocenters. The van der Waals surface area contributed by atoms with E-state index in [2.05, 4.69) is 0 Å². The highest BCUT2D eigenvalue weighted by molar-refractivity contribution is 6.25. The first-order valence-corrected chi connectivity index (χ1v) is 14.2. The van der Waals surface area contributed by atoms with E-state index in [9.17, 15) is 34.4 Å². The van der Waals surface area contributed by atoms with Gasteiger partial charge >= 0.3 is 0 Å². The van der Waals surface area contributed by atoms with Crippen LogP contribution < -0.4 is 9.80 Å². The Morgan fingerprint density at radius 3 is 2.26 bits per heavy atom. The predicted molar refractivity (Wildman–Crippen MR) is 155 cm³/mol. The standard InChI is InChI=1S/C33H27N3O7/c1-33-25(30(39)35(32(33)41)18-8-3-2-4-9-18)17-24-21(28(33)22-12-5-6-13-26(22)37)14-15-23-27(24)31(40)34(29(23)38)19-10-7-11-20(16-19)36(42)43/h2-14,16,23-25,27-28,37H,15,17H2,1H3. The number of nitro benzene ring substituents is 1. The second kappa shape index (κ2) is 9.45. The number of benzene rings is 3. The Morgan fingerprint density at radius 1 is 0.837 bits per heavy atom. The summed E-state index contributed by atoms with van der Waals surface area (Å²) in [5.74, 6) is -5.36. The van der Waals surface area contributed by atoms with Gasteiger partial charge in [0.15, 0.2) is 0 Å². The van der Waals surface area contributed by atoms with Crippen LogP contribution in [0, 0.1) is 39.2 Å². The minimum absolute atomic E-state index is 0.0263. The number of carbonyl (C=O) groups excluding carboxylic acids is 4. The van der Waals surface area contributed by atoms with E-state index in [1.165, 1.54) is 35.2 Å². The summed E-state index contributed by atoms with van der Waals surface area (Å²) in [7, 11) is 0. The first-order valence-electron chi connectivity index (χ1n) is 14.2. The fourth-order valence-corrected chi connectivity index (χ4v) is 7.91. The van der Waals surface area contributed by atoms with Gasteiger partial charge in [0.05, 0.1) is 39.5 Å². The van der Waals surface area contributed by atoms with Crippen molar-refractivity contribution < 1.29 is 29.2 Å². The van der Waals surface area contributed by atoms with Gasteiger partial charge in [0.1, 0.15) is 5.75 Å². The molecule has 0 bridgehead atoms. The Kier molecular flexibility index (Phi) is 5.88. The molecule has 6 atom stereocenters. The molecule has 4 aliphatic rings. The number of fused-ring (bicyclic) bond motifs is 4. The molecule has 3 aromatic carbocycles. The van der Waals surface area contributed by atoms with Crippen LogP contribution in [0.25, 0.3) is 0 Å². The Labute approximate surface area is 246 Å². The fourth-order valence-electron chi connectivity index (χ4n) is 7.91. The van der Waals surface area contributed by atoms with Crippen molar-refractivity contribution in [1.82, 2.24) is 0 Å². The molecule has 2 aliphatic heterocycles. The topological polar surface area (TPSA) is 138 Å². The molecule has 4 amide bonds. The summed E-state index contributed by atoms with van der Waals surface area (Å²) in [6, 6.07) is 20.8. The highest BCUT2D eigenvalue weighted by atomic mass is 16.6. The molecule has 2 heterocycles. The van der Waals surface area contributed by atoms with Gasteiger partial charge in [-0.15, -0.1) is 0 Å². The van der Waals surface area contributed by atoms with Crippen molar-refractivity contribution in [3.8, 4) is 5.75 Å². The number of aromatic hydroxyl groups is 1. The van der Waals surface area contributed by atoms with Crippen LogP contribution in [0.1, 0.15) is 31.2 Å². The number of anilines is 2. The molecule has 2 aliphatic carbocycles. The van der Waals surface area contributed by atoms with Crippen LogP contribution in [0.4, 0.5) is 17.1 Å². The largest absolute Gasteiger partial charge is 0.508 e. The maximum Gasteiger partial charge on any atom is 0.271 e. The number of allylic oxidation sites excluding steroid dienone is 2. The lowest BCUT2D eigenvalue weighted by atomic mass is 9.51. The third-order valence-electron chi connectivity index (χ3n) is 9.84. The molecular weight excluding hydrogens is 550 g/mol. The fraction of sp³-hybridized carbons (Fsp3) is 0.273. The van der Waals surface area contributed by atoms with Crippen LogP contribution in [0.15, 0.2) is 90.5 Å². The number of para-hydroxylation sites is 2. The highest BCUT2D eigenvalue weighted by Crippen LogP contribution is 2.64. The molecule has 10 heteroatoms. The summed E-state index contributed by atoms with van der Waals surface area (Å²) >= 11 is 0. The number of phenols is 1. The van der Waals surface area contributed by atoms with E-state index >= 15 is 0 Å². The summed E-state index contributed by atoms with van der Waals surface area (Å²) in [4.78, 5) is 69.3. The number of rotatable bonds is 4. The first kappa shape index (κ1) is 26.8. The van der Waals surface area contributed by atoms with Crippen molar-refractivity contribution in [1.29, 1.82) is 0 Å². The third kappa shape index (κ3) is 3.65. The number of imide groups is 2. The van der Waals surface area contributed by atoms with Gasteiger partial charge in [0.2, 0.25) is 23.6 Å². The Bertz CT molecular complexity index is 1770. The zero-order chi connectivity index (χ0) is 30.2. The molecule has 10 nitrogen and oxygen atoms in total. The van der Waals surface area contributed by atoms with Gasteiger partial charge < -0.3 is 5.11 Å². The lowest BCUT2D eigenvalue weighted by Crippen LogP contribution is -2.48. The van der Waals surface area contributed by atoms with Crippen LogP contribution in [-0.4, -0.2) is 33.7 Å². The minimum Gasteiger partial charge on any atom is -0.508 e. The first-order chi connectivity index (χ1) is 20.6. The number of amides is 4. The summed E-state index contributed by atoms with van der Waals surface area (Å²) in [6.45, 7) is 1.76. The van der Waals surface area contributed by atoms with Crippen LogP contribution >= 0.6 is 0 Å². The number of hydrogen-bond acceptors (Lipinski definition) is 7. The summed E-state index contributed by atoms with van der Waals surface area (Å²) in [5, 5.41) is 22.5. The van der Waals surface area contributed by atoms with Crippen molar-refractivity contribution >= 4 is 40.7 Å². The number of hydrogen-bond donors (Lipinski definition) is 1. The third-order valence-corrected chi connectivity index (χ3v) is 9.84. The Balaban J connectivity index is 1.36. The van der Waals surface area contributed by atoms with E-state index < -0.39 is 51.7 Å². The monoisotopic (exact) mass is 577 g/mol. The molecule has 7 rings (SSSR count). The zero-order valence-corrected chi connectivity index (χ0v) is 23.1. The number of non-ortho nitro benzene ring substituents is 1. The van der Waals surface area contributed by atoms with E-state index in [-0.39, 0.29) is 41.8 Å². The number of nitrogens with zero attached hydrogens (tertiary/aromatic N) is 3. The van der Waals surface area contributed by atoms with Crippen molar-refractivity contribution in [3.05, 3.63) is 106 Å². The van der Waals surface area contributed by atoms with Gasteiger partial charge in [-0.25, -0.2) is 9.80 Å². The zero-order valence-electron chi connectivity index (χ0n) is 23.1. The average Bonchev–Trinajstić information content (AvgIpc) is 3.37. The molecular formula is C33H27N3O7. The van der Waals surface area contributed by atoms with E-state index in [1.54, 1.807) is 55.5 Å². The van der Waals surface area contributed by atoms with Crippen molar-refractivity contribution in [2.24, 2.45) is 29.1 Å². The Morgan fingerprint density at radius 2 is 1.53 bits per heavy atom. The van der Waals surface area contributed by atoms with Crippen LogP contribution in [0.2, 0.25) is 0 Å². The minimum atomic E-state index is -1.26. The summed E-state index contributed by atoms with van der Waals surface area (Å²) in [6.07, 6.45) is 2.29. The van der Waals surface area contributed by atoms with Crippen LogP contribution in [0.3, 0.4) is 0 Å². The lowest BCUT2D eigenvalue weighted by Gasteiger charge is -2.49. The maximum absolute atomic E-state index is 14.3. The van der Waals surface area contributed by atoms with E-state index in [0.29, 0.717) is 11.3 Å². The van der Waals surface area contributed by atoms with Crippen molar-refractivity contribution in [2.75, 3.05) is 9.80 Å². The smallest absolute Gasteiger partial charge is 0.271 e. The van der Waals surface area contributed by atoms with Gasteiger partial charge in [0, 0.05) is 23.6 Å². The molecule has 3 fully saturated rings. The van der Waals surface area contributed by atoms with Crippen LogP contribution in [0.5, 0.6) is 5.75 Å². The second-order valence-corrected chi connectivity index (χ2v) is 11.8. The predicted octanol–water partition coefficient (Wildman–Crippen LogP) is 4.74. The van der Waals surface area contributed by atoms with Gasteiger partial charge in [-0.3, -0.25) is 29.3 Å². The Hall–Kier alpha value is -5.12. The molecule has 0 aromatic heterocycles. The molecule has 2 saturated heterocycles. The maximum atomic E-state index is 14.3. The van der Waals surface area contributed by atoms with E-state index in [0.717, 1.165) is 10.5 Å². The second-order valence-electron chi connectivity index (χ2n) is 11.8. The van der Waals surface area contributed by atoms with Crippen molar-refractivity contribution in [3.63, 3.8) is 0 Å². The number of nitro groups is 1. The highest BCUT2D eigenvalue weighted by Gasteiger charge is 2.68. The van der Waals surface area contributed by atoms with Gasteiger partial charge in [-0.05, 0) is 49.9 Å². The van der Waals surface area contributed by atoms with Gasteiger partial charge in [-0.2, -0.15) is 0 Å².